The number of aromatic nitrogens is 2. The van der Waals surface area contributed by atoms with Crippen LogP contribution in [0.5, 0.6) is 5.75 Å². The summed E-state index contributed by atoms with van der Waals surface area (Å²) < 4.78 is 16.7. The number of carbonyl (C=O) groups is 2. The molecule has 2 amide bonds. The van der Waals surface area contributed by atoms with Crippen molar-refractivity contribution in [2.75, 3.05) is 11.9 Å². The van der Waals surface area contributed by atoms with Gasteiger partial charge in [-0.3, -0.25) is 9.69 Å². The zero-order valence-electron chi connectivity index (χ0n) is 23.6. The second-order valence-corrected chi connectivity index (χ2v) is 11.5. The van der Waals surface area contributed by atoms with Crippen molar-refractivity contribution in [1.82, 2.24) is 20.2 Å². The minimum Gasteiger partial charge on any atom is -0.486 e. The molecule has 218 valence electrons. The summed E-state index contributed by atoms with van der Waals surface area (Å²) in [6.07, 6.45) is 6.74. The van der Waals surface area contributed by atoms with E-state index >= 15 is 0 Å². The number of benzene rings is 1. The maximum absolute atomic E-state index is 13.3. The van der Waals surface area contributed by atoms with E-state index in [4.69, 9.17) is 13.9 Å². The van der Waals surface area contributed by atoms with Crippen molar-refractivity contribution in [3.05, 3.63) is 71.6 Å². The van der Waals surface area contributed by atoms with Crippen LogP contribution in [0.1, 0.15) is 67.3 Å². The molecule has 0 saturated heterocycles. The van der Waals surface area contributed by atoms with Crippen molar-refractivity contribution < 1.29 is 28.6 Å². The second-order valence-electron chi connectivity index (χ2n) is 11.5. The molecule has 5 rings (SSSR count). The maximum Gasteiger partial charge on any atom is 0.410 e. The van der Waals surface area contributed by atoms with E-state index < -0.39 is 23.8 Å². The van der Waals surface area contributed by atoms with Crippen LogP contribution in [-0.4, -0.2) is 62.3 Å². The van der Waals surface area contributed by atoms with Gasteiger partial charge in [-0.1, -0.05) is 6.07 Å². The number of oxazole rings is 1. The first-order valence-electron chi connectivity index (χ1n) is 13.9. The predicted molar refractivity (Wildman–Crippen MR) is 150 cm³/mol. The number of aliphatic hydroxyl groups excluding tert-OH is 1. The molecule has 2 aliphatic rings. The number of rotatable bonds is 9. The van der Waals surface area contributed by atoms with Gasteiger partial charge in [0, 0.05) is 30.9 Å². The minimum absolute atomic E-state index is 0.0375. The molecule has 1 aliphatic carbocycles. The SMILES string of the molecule is CC(C)(C)OC(=O)N1Cc2cc(OCc3cnco3)ccc2C[C@H]1[C@H](O)CNC(=O)c1ccnc(NC2CCC2)c1. The van der Waals surface area contributed by atoms with Crippen molar-refractivity contribution in [1.29, 1.82) is 0 Å². The fraction of sp³-hybridized carbons (Fsp3) is 0.467. The third-order valence-corrected chi connectivity index (χ3v) is 7.24. The molecule has 3 N–H and O–H groups in total. The summed E-state index contributed by atoms with van der Waals surface area (Å²) in [6, 6.07) is 8.81. The third kappa shape index (κ3) is 7.35. The number of anilines is 1. The van der Waals surface area contributed by atoms with Gasteiger partial charge in [0.1, 0.15) is 23.8 Å². The van der Waals surface area contributed by atoms with Crippen molar-refractivity contribution >= 4 is 17.8 Å². The highest BCUT2D eigenvalue weighted by Gasteiger charge is 2.37. The van der Waals surface area contributed by atoms with Gasteiger partial charge in [-0.2, -0.15) is 0 Å². The fourth-order valence-corrected chi connectivity index (χ4v) is 4.85. The summed E-state index contributed by atoms with van der Waals surface area (Å²) in [5, 5.41) is 17.4. The lowest BCUT2D eigenvalue weighted by molar-refractivity contribution is -0.0113. The van der Waals surface area contributed by atoms with Gasteiger partial charge in [0.2, 0.25) is 0 Å². The topological polar surface area (TPSA) is 139 Å². The van der Waals surface area contributed by atoms with E-state index in [0.717, 1.165) is 24.0 Å². The predicted octanol–water partition coefficient (Wildman–Crippen LogP) is 4.07. The average molecular weight is 564 g/mol. The lowest BCUT2D eigenvalue weighted by Crippen LogP contribution is -2.54. The van der Waals surface area contributed by atoms with Crippen molar-refractivity contribution in [3.63, 3.8) is 0 Å². The van der Waals surface area contributed by atoms with E-state index in [1.165, 1.54) is 17.7 Å². The Bertz CT molecular complexity index is 1350. The third-order valence-electron chi connectivity index (χ3n) is 7.24. The molecule has 1 saturated carbocycles. The Morgan fingerprint density at radius 1 is 1.20 bits per heavy atom. The van der Waals surface area contributed by atoms with E-state index in [1.807, 2.05) is 18.2 Å². The van der Waals surface area contributed by atoms with Crippen LogP contribution in [0.3, 0.4) is 0 Å². The lowest BCUT2D eigenvalue weighted by Gasteiger charge is -2.40. The number of hydrogen-bond acceptors (Lipinski definition) is 9. The Hall–Kier alpha value is -4.12. The van der Waals surface area contributed by atoms with Crippen molar-refractivity contribution in [2.24, 2.45) is 0 Å². The second kappa shape index (κ2) is 12.2. The smallest absolute Gasteiger partial charge is 0.410 e. The molecule has 11 nitrogen and oxygen atoms in total. The van der Waals surface area contributed by atoms with Crippen LogP contribution < -0.4 is 15.4 Å². The molecule has 3 heterocycles. The van der Waals surface area contributed by atoms with Gasteiger partial charge in [0.25, 0.3) is 5.91 Å². The Kier molecular flexibility index (Phi) is 8.44. The molecule has 1 aromatic carbocycles. The monoisotopic (exact) mass is 563 g/mol. The van der Waals surface area contributed by atoms with E-state index in [2.05, 4.69) is 20.6 Å². The molecule has 0 radical (unpaired) electrons. The first-order chi connectivity index (χ1) is 19.6. The van der Waals surface area contributed by atoms with E-state index in [0.29, 0.717) is 35.4 Å². The first kappa shape index (κ1) is 28.4. The highest BCUT2D eigenvalue weighted by Crippen LogP contribution is 2.30. The summed E-state index contributed by atoms with van der Waals surface area (Å²) in [4.78, 5) is 35.9. The lowest BCUT2D eigenvalue weighted by atomic mass is 9.91. The molecule has 2 aromatic heterocycles. The highest BCUT2D eigenvalue weighted by atomic mass is 16.6. The largest absolute Gasteiger partial charge is 0.486 e. The van der Waals surface area contributed by atoms with Crippen LogP contribution >= 0.6 is 0 Å². The normalized spacial score (nSPS) is 17.7. The molecular weight excluding hydrogens is 526 g/mol. The van der Waals surface area contributed by atoms with Crippen LogP contribution in [0.15, 0.2) is 53.5 Å². The number of hydrogen-bond donors (Lipinski definition) is 3. The maximum atomic E-state index is 13.3. The number of carbonyl (C=O) groups excluding carboxylic acids is 2. The standard InChI is InChI=1S/C30H37N5O6/c1-30(2,3)41-29(38)35-16-21-11-23(39-17-24-14-31-18-40-24)8-7-19(21)12-25(35)26(36)15-33-28(37)20-9-10-32-27(13-20)34-22-5-4-6-22/h7-11,13-14,18,22,25-26,36H,4-6,12,15-17H2,1-3H3,(H,32,34)(H,33,37)/t25-,26+/m0/s1. The summed E-state index contributed by atoms with van der Waals surface area (Å²) >= 11 is 0. The number of amides is 2. The van der Waals surface area contributed by atoms with E-state index in [9.17, 15) is 14.7 Å². The zero-order chi connectivity index (χ0) is 29.0. The van der Waals surface area contributed by atoms with Crippen molar-refractivity contribution in [2.45, 2.75) is 83.4 Å². The van der Waals surface area contributed by atoms with Gasteiger partial charge in [0.15, 0.2) is 12.2 Å². The molecule has 2 atom stereocenters. The minimum atomic E-state index is -1.03. The van der Waals surface area contributed by atoms with Crippen LogP contribution in [0, 0.1) is 0 Å². The van der Waals surface area contributed by atoms with Crippen LogP contribution in [0.4, 0.5) is 10.6 Å². The molecule has 0 spiro atoms. The summed E-state index contributed by atoms with van der Waals surface area (Å²) in [5.74, 6) is 1.56. The fourth-order valence-electron chi connectivity index (χ4n) is 4.85. The van der Waals surface area contributed by atoms with Gasteiger partial charge in [0.05, 0.1) is 18.3 Å². The van der Waals surface area contributed by atoms with Crippen LogP contribution in [0.2, 0.25) is 0 Å². The zero-order valence-corrected chi connectivity index (χ0v) is 23.6. The summed E-state index contributed by atoms with van der Waals surface area (Å²) in [7, 11) is 0. The van der Waals surface area contributed by atoms with Gasteiger partial charge < -0.3 is 29.6 Å². The van der Waals surface area contributed by atoms with E-state index in [1.54, 1.807) is 45.3 Å². The Balaban J connectivity index is 1.26. The number of nitrogens with one attached hydrogen (secondary N) is 2. The Morgan fingerprint density at radius 3 is 2.73 bits per heavy atom. The van der Waals surface area contributed by atoms with Gasteiger partial charge in [-0.25, -0.2) is 14.8 Å². The molecule has 0 unspecified atom stereocenters. The van der Waals surface area contributed by atoms with Gasteiger partial charge in [-0.05, 0) is 81.8 Å². The van der Waals surface area contributed by atoms with E-state index in [-0.39, 0.29) is 25.6 Å². The molecular formula is C30H37N5O6. The Morgan fingerprint density at radius 2 is 2.02 bits per heavy atom. The molecule has 1 fully saturated rings. The molecule has 41 heavy (non-hydrogen) atoms. The Labute approximate surface area is 239 Å². The highest BCUT2D eigenvalue weighted by molar-refractivity contribution is 5.94. The number of nitrogens with zero attached hydrogens (tertiary/aromatic N) is 3. The van der Waals surface area contributed by atoms with Crippen molar-refractivity contribution in [3.8, 4) is 5.75 Å². The summed E-state index contributed by atoms with van der Waals surface area (Å²) in [5.41, 5.74) is 1.61. The number of aliphatic hydroxyl groups is 1. The summed E-state index contributed by atoms with van der Waals surface area (Å²) in [6.45, 7) is 5.81. The number of pyridine rings is 1. The van der Waals surface area contributed by atoms with Crippen LogP contribution in [0.25, 0.3) is 0 Å². The number of ether oxygens (including phenoxy) is 2. The first-order valence-corrected chi connectivity index (χ1v) is 13.9. The average Bonchev–Trinajstić information content (AvgIpc) is 3.44. The molecule has 11 heteroatoms. The quantitative estimate of drug-likeness (QED) is 0.352. The molecule has 3 aromatic rings. The molecule has 0 bridgehead atoms. The molecule has 1 aliphatic heterocycles. The number of fused-ring (bicyclic) bond motifs is 1. The van der Waals surface area contributed by atoms with Crippen LogP contribution in [-0.2, 0) is 24.3 Å². The van der Waals surface area contributed by atoms with Gasteiger partial charge in [-0.15, -0.1) is 0 Å². The van der Waals surface area contributed by atoms with Gasteiger partial charge >= 0.3 is 6.09 Å².